The third-order valence-electron chi connectivity index (χ3n) is 4.63. The van der Waals surface area contributed by atoms with Gasteiger partial charge in [0.1, 0.15) is 22.7 Å². The summed E-state index contributed by atoms with van der Waals surface area (Å²) in [4.78, 5) is 12.2. The average molecular weight is 413 g/mol. The van der Waals surface area contributed by atoms with Gasteiger partial charge in [0.15, 0.2) is 0 Å². The maximum atomic E-state index is 13.2. The van der Waals surface area contributed by atoms with E-state index in [2.05, 4.69) is 4.72 Å². The van der Waals surface area contributed by atoms with Crippen LogP contribution in [0.1, 0.15) is 16.1 Å². The highest BCUT2D eigenvalue weighted by atomic mass is 32.2. The molecule has 0 aliphatic rings. The number of fused-ring (bicyclic) bond motifs is 3. The number of hydrogen-bond donors (Lipinski definition) is 1. The van der Waals surface area contributed by atoms with Crippen molar-refractivity contribution in [1.29, 1.82) is 0 Å². The molecule has 0 fully saturated rings. The van der Waals surface area contributed by atoms with E-state index in [1.54, 1.807) is 37.3 Å². The molecule has 0 saturated carbocycles. The fraction of sp³-hybridized carbons (Fsp3) is 0.0952. The minimum Gasteiger partial charge on any atom is -0.465 e. The Balaban J connectivity index is 1.95. The van der Waals surface area contributed by atoms with Crippen LogP contribution in [0.2, 0.25) is 0 Å². The van der Waals surface area contributed by atoms with Crippen LogP contribution in [0.4, 0.5) is 10.1 Å². The third kappa shape index (κ3) is 3.21. The number of aryl methyl sites for hydroxylation is 1. The summed E-state index contributed by atoms with van der Waals surface area (Å²) in [6.07, 6.45) is 0. The molecular formula is C21H16FNO5S. The number of ether oxygens (including phenoxy) is 1. The van der Waals surface area contributed by atoms with E-state index in [-0.39, 0.29) is 16.1 Å². The number of anilines is 1. The van der Waals surface area contributed by atoms with Crippen molar-refractivity contribution < 1.29 is 26.8 Å². The van der Waals surface area contributed by atoms with Gasteiger partial charge < -0.3 is 9.15 Å². The Labute approximate surface area is 165 Å². The molecule has 4 rings (SSSR count). The number of carbonyl (C=O) groups excluding carboxylic acids is 1. The van der Waals surface area contributed by atoms with E-state index in [1.807, 2.05) is 0 Å². The first-order valence-electron chi connectivity index (χ1n) is 8.63. The number of esters is 1. The lowest BCUT2D eigenvalue weighted by atomic mass is 10.0. The number of sulfonamides is 1. The van der Waals surface area contributed by atoms with E-state index >= 15 is 0 Å². The topological polar surface area (TPSA) is 85.6 Å². The van der Waals surface area contributed by atoms with Gasteiger partial charge in [-0.1, -0.05) is 24.3 Å². The van der Waals surface area contributed by atoms with Gasteiger partial charge in [-0.05, 0) is 37.3 Å². The molecule has 8 heteroatoms. The SMILES string of the molecule is COC(=O)c1c(C)oc2c1cc(NS(=O)(=O)c1ccc(F)cc1)c1ccccc12. The van der Waals surface area contributed by atoms with E-state index in [9.17, 15) is 17.6 Å². The molecule has 29 heavy (non-hydrogen) atoms. The molecule has 0 aliphatic heterocycles. The fourth-order valence-electron chi connectivity index (χ4n) is 3.30. The number of rotatable bonds is 4. The molecule has 0 radical (unpaired) electrons. The normalized spacial score (nSPS) is 11.7. The van der Waals surface area contributed by atoms with Crippen LogP contribution in [0, 0.1) is 12.7 Å². The van der Waals surface area contributed by atoms with Gasteiger partial charge in [-0.3, -0.25) is 4.72 Å². The summed E-state index contributed by atoms with van der Waals surface area (Å²) in [7, 11) is -2.72. The molecule has 0 saturated heterocycles. The van der Waals surface area contributed by atoms with Crippen LogP contribution in [-0.2, 0) is 14.8 Å². The number of nitrogens with one attached hydrogen (secondary N) is 1. The van der Waals surface area contributed by atoms with Gasteiger partial charge in [0.25, 0.3) is 10.0 Å². The molecule has 3 aromatic carbocycles. The minimum absolute atomic E-state index is 0.0837. The summed E-state index contributed by atoms with van der Waals surface area (Å²) < 4.78 is 52.0. The van der Waals surface area contributed by atoms with E-state index in [4.69, 9.17) is 9.15 Å². The number of methoxy groups -OCH3 is 1. The lowest BCUT2D eigenvalue weighted by Gasteiger charge is -2.12. The van der Waals surface area contributed by atoms with Gasteiger partial charge in [-0.15, -0.1) is 0 Å². The fourth-order valence-corrected chi connectivity index (χ4v) is 4.37. The van der Waals surface area contributed by atoms with Crippen molar-refractivity contribution in [3.05, 3.63) is 71.7 Å². The van der Waals surface area contributed by atoms with Gasteiger partial charge in [0, 0.05) is 16.2 Å². The molecule has 0 atom stereocenters. The molecule has 0 bridgehead atoms. The molecule has 0 spiro atoms. The minimum atomic E-state index is -3.99. The maximum absolute atomic E-state index is 13.2. The monoisotopic (exact) mass is 413 g/mol. The first-order valence-corrected chi connectivity index (χ1v) is 10.1. The molecule has 1 heterocycles. The van der Waals surface area contributed by atoms with Crippen molar-refractivity contribution in [2.24, 2.45) is 0 Å². The van der Waals surface area contributed by atoms with Crippen LogP contribution in [0.3, 0.4) is 0 Å². The van der Waals surface area contributed by atoms with Crippen LogP contribution >= 0.6 is 0 Å². The van der Waals surface area contributed by atoms with Gasteiger partial charge >= 0.3 is 5.97 Å². The second kappa shape index (κ2) is 6.89. The molecule has 4 aromatic rings. The maximum Gasteiger partial charge on any atom is 0.342 e. The molecule has 1 aromatic heterocycles. The first kappa shape index (κ1) is 18.9. The van der Waals surface area contributed by atoms with Crippen LogP contribution in [0.25, 0.3) is 21.7 Å². The Morgan fingerprint density at radius 1 is 1.03 bits per heavy atom. The molecule has 0 aliphatic carbocycles. The third-order valence-corrected chi connectivity index (χ3v) is 6.01. The quantitative estimate of drug-likeness (QED) is 0.494. The molecule has 0 amide bonds. The predicted octanol–water partition coefficient (Wildman–Crippen LogP) is 4.62. The second-order valence-corrected chi connectivity index (χ2v) is 8.11. The van der Waals surface area contributed by atoms with Gasteiger partial charge in [-0.25, -0.2) is 17.6 Å². The highest BCUT2D eigenvalue weighted by Gasteiger charge is 2.23. The van der Waals surface area contributed by atoms with E-state index in [0.29, 0.717) is 27.5 Å². The number of halogens is 1. The summed E-state index contributed by atoms with van der Waals surface area (Å²) in [5, 5.41) is 1.67. The van der Waals surface area contributed by atoms with Crippen LogP contribution in [0.5, 0.6) is 0 Å². The smallest absolute Gasteiger partial charge is 0.342 e. The molecular weight excluding hydrogens is 397 g/mol. The highest BCUT2D eigenvalue weighted by Crippen LogP contribution is 2.37. The molecule has 1 N–H and O–H groups in total. The summed E-state index contributed by atoms with van der Waals surface area (Å²) in [5.74, 6) is -0.744. The Hall–Kier alpha value is -3.39. The van der Waals surface area contributed by atoms with E-state index in [0.717, 1.165) is 12.1 Å². The van der Waals surface area contributed by atoms with Gasteiger partial charge in [-0.2, -0.15) is 0 Å². The first-order chi connectivity index (χ1) is 13.8. The lowest BCUT2D eigenvalue weighted by Crippen LogP contribution is -2.13. The highest BCUT2D eigenvalue weighted by molar-refractivity contribution is 7.92. The summed E-state index contributed by atoms with van der Waals surface area (Å²) >= 11 is 0. The predicted molar refractivity (Wildman–Crippen MR) is 107 cm³/mol. The van der Waals surface area contributed by atoms with Crippen LogP contribution in [0.15, 0.2) is 63.9 Å². The Morgan fingerprint density at radius 3 is 2.34 bits per heavy atom. The number of hydrogen-bond acceptors (Lipinski definition) is 5. The zero-order valence-corrected chi connectivity index (χ0v) is 16.3. The van der Waals surface area contributed by atoms with E-state index in [1.165, 1.54) is 19.2 Å². The molecule has 148 valence electrons. The van der Waals surface area contributed by atoms with Crippen molar-refractivity contribution in [3.63, 3.8) is 0 Å². The Bertz CT molecular complexity index is 1360. The number of carbonyl (C=O) groups is 1. The zero-order valence-electron chi connectivity index (χ0n) is 15.5. The van der Waals surface area contributed by atoms with E-state index < -0.39 is 21.8 Å². The molecule has 6 nitrogen and oxygen atoms in total. The number of benzene rings is 3. The zero-order chi connectivity index (χ0) is 20.8. The van der Waals surface area contributed by atoms with Crippen molar-refractivity contribution in [1.82, 2.24) is 0 Å². The van der Waals surface area contributed by atoms with Gasteiger partial charge in [0.2, 0.25) is 0 Å². The van der Waals surface area contributed by atoms with Crippen molar-refractivity contribution in [3.8, 4) is 0 Å². The lowest BCUT2D eigenvalue weighted by molar-refractivity contribution is 0.0600. The summed E-state index contributed by atoms with van der Waals surface area (Å²) in [6, 6.07) is 13.1. The van der Waals surface area contributed by atoms with Crippen LogP contribution < -0.4 is 4.72 Å². The summed E-state index contributed by atoms with van der Waals surface area (Å²) in [5.41, 5.74) is 0.960. The van der Waals surface area contributed by atoms with Gasteiger partial charge in [0.05, 0.1) is 17.7 Å². The Kier molecular flexibility index (Phi) is 4.50. The standard InChI is InChI=1S/C21H16FNO5S/c1-12-19(21(24)27-2)17-11-18(15-5-3-4-6-16(15)20(17)28-12)23-29(25,26)14-9-7-13(22)8-10-14/h3-11,23H,1-2H3. The molecule has 0 unspecified atom stereocenters. The second-order valence-electron chi connectivity index (χ2n) is 6.43. The number of furan rings is 1. The van der Waals surface area contributed by atoms with Crippen molar-refractivity contribution in [2.75, 3.05) is 11.8 Å². The largest absolute Gasteiger partial charge is 0.465 e. The van der Waals surface area contributed by atoms with Crippen molar-refractivity contribution >= 4 is 43.4 Å². The van der Waals surface area contributed by atoms with Crippen molar-refractivity contribution in [2.45, 2.75) is 11.8 Å². The average Bonchev–Trinajstić information content (AvgIpc) is 3.03. The van der Waals surface area contributed by atoms with Crippen LogP contribution in [-0.4, -0.2) is 21.5 Å². The Morgan fingerprint density at radius 2 is 1.69 bits per heavy atom. The summed E-state index contributed by atoms with van der Waals surface area (Å²) in [6.45, 7) is 1.64.